The first kappa shape index (κ1) is 13.3. The molecular weight excluding hydrogens is 236 g/mol. The smallest absolute Gasteiger partial charge is 0.248 e. The first-order valence-electron chi connectivity index (χ1n) is 6.30. The SMILES string of the molecule is Cc1ccc(CNCc2cccc(C(N)=O)c2)cc1. The molecule has 0 aliphatic rings. The second kappa shape index (κ2) is 6.16. The van der Waals surface area contributed by atoms with Gasteiger partial charge in [-0.3, -0.25) is 4.79 Å². The fraction of sp³-hybridized carbons (Fsp3) is 0.188. The number of rotatable bonds is 5. The zero-order chi connectivity index (χ0) is 13.7. The van der Waals surface area contributed by atoms with E-state index in [1.165, 1.54) is 11.1 Å². The molecule has 0 unspecified atom stereocenters. The summed E-state index contributed by atoms with van der Waals surface area (Å²) >= 11 is 0. The third kappa shape index (κ3) is 3.93. The molecule has 0 heterocycles. The van der Waals surface area contributed by atoms with Crippen molar-refractivity contribution in [2.24, 2.45) is 5.73 Å². The van der Waals surface area contributed by atoms with Crippen molar-refractivity contribution in [3.8, 4) is 0 Å². The Kier molecular flexibility index (Phi) is 4.31. The van der Waals surface area contributed by atoms with E-state index in [4.69, 9.17) is 5.73 Å². The number of nitrogens with one attached hydrogen (secondary N) is 1. The minimum atomic E-state index is -0.389. The van der Waals surface area contributed by atoms with Crippen LogP contribution >= 0.6 is 0 Å². The fourth-order valence-corrected chi connectivity index (χ4v) is 1.89. The Labute approximate surface area is 113 Å². The van der Waals surface area contributed by atoms with Gasteiger partial charge < -0.3 is 11.1 Å². The normalized spacial score (nSPS) is 10.4. The van der Waals surface area contributed by atoms with Crippen LogP contribution in [0.4, 0.5) is 0 Å². The van der Waals surface area contributed by atoms with Gasteiger partial charge >= 0.3 is 0 Å². The minimum absolute atomic E-state index is 0.389. The largest absolute Gasteiger partial charge is 0.366 e. The first-order chi connectivity index (χ1) is 9.15. The minimum Gasteiger partial charge on any atom is -0.366 e. The molecule has 0 radical (unpaired) electrons. The number of carbonyl (C=O) groups is 1. The van der Waals surface area contributed by atoms with Gasteiger partial charge in [-0.15, -0.1) is 0 Å². The Hall–Kier alpha value is -2.13. The summed E-state index contributed by atoms with van der Waals surface area (Å²) < 4.78 is 0. The van der Waals surface area contributed by atoms with E-state index >= 15 is 0 Å². The van der Waals surface area contributed by atoms with Crippen molar-refractivity contribution >= 4 is 5.91 Å². The summed E-state index contributed by atoms with van der Waals surface area (Å²) in [5.74, 6) is -0.389. The summed E-state index contributed by atoms with van der Waals surface area (Å²) in [4.78, 5) is 11.1. The molecule has 2 aromatic rings. The molecule has 3 heteroatoms. The van der Waals surface area contributed by atoms with Crippen LogP contribution in [0.15, 0.2) is 48.5 Å². The van der Waals surface area contributed by atoms with Crippen molar-refractivity contribution in [3.63, 3.8) is 0 Å². The molecule has 0 bridgehead atoms. The summed E-state index contributed by atoms with van der Waals surface area (Å²) in [7, 11) is 0. The van der Waals surface area contributed by atoms with Gasteiger partial charge in [-0.2, -0.15) is 0 Å². The van der Waals surface area contributed by atoms with E-state index in [0.717, 1.165) is 18.7 Å². The van der Waals surface area contributed by atoms with Gasteiger partial charge in [-0.1, -0.05) is 42.0 Å². The van der Waals surface area contributed by atoms with Crippen molar-refractivity contribution in [2.45, 2.75) is 20.0 Å². The Bertz CT molecular complexity index is 561. The number of hydrogen-bond donors (Lipinski definition) is 2. The molecule has 2 rings (SSSR count). The Morgan fingerprint density at radius 3 is 2.42 bits per heavy atom. The monoisotopic (exact) mass is 254 g/mol. The van der Waals surface area contributed by atoms with E-state index in [1.54, 1.807) is 6.07 Å². The zero-order valence-electron chi connectivity index (χ0n) is 11.0. The van der Waals surface area contributed by atoms with Gasteiger partial charge in [0, 0.05) is 18.7 Å². The third-order valence-electron chi connectivity index (χ3n) is 2.99. The van der Waals surface area contributed by atoms with Gasteiger partial charge in [-0.05, 0) is 30.2 Å². The number of aryl methyl sites for hydroxylation is 1. The maximum absolute atomic E-state index is 11.1. The number of benzene rings is 2. The van der Waals surface area contributed by atoms with E-state index < -0.39 is 0 Å². The van der Waals surface area contributed by atoms with E-state index in [1.807, 2.05) is 18.2 Å². The Morgan fingerprint density at radius 1 is 1.05 bits per heavy atom. The molecule has 0 atom stereocenters. The Balaban J connectivity index is 1.90. The molecule has 0 aliphatic carbocycles. The highest BCUT2D eigenvalue weighted by Crippen LogP contribution is 2.06. The number of primary amides is 1. The van der Waals surface area contributed by atoms with Crippen LogP contribution in [-0.2, 0) is 13.1 Å². The molecule has 19 heavy (non-hydrogen) atoms. The predicted octanol–water partition coefficient (Wildman–Crippen LogP) is 2.38. The van der Waals surface area contributed by atoms with Crippen LogP contribution in [-0.4, -0.2) is 5.91 Å². The van der Waals surface area contributed by atoms with Crippen LogP contribution < -0.4 is 11.1 Å². The summed E-state index contributed by atoms with van der Waals surface area (Å²) in [5.41, 5.74) is 9.38. The number of hydrogen-bond acceptors (Lipinski definition) is 2. The van der Waals surface area contributed by atoms with Gasteiger partial charge in [0.2, 0.25) is 5.91 Å². The molecule has 3 N–H and O–H groups in total. The zero-order valence-corrected chi connectivity index (χ0v) is 11.0. The van der Waals surface area contributed by atoms with E-state index in [9.17, 15) is 4.79 Å². The highest BCUT2D eigenvalue weighted by atomic mass is 16.1. The third-order valence-corrected chi connectivity index (χ3v) is 2.99. The quantitative estimate of drug-likeness (QED) is 0.860. The van der Waals surface area contributed by atoms with Gasteiger partial charge in [0.25, 0.3) is 0 Å². The summed E-state index contributed by atoms with van der Waals surface area (Å²) in [5, 5.41) is 3.35. The van der Waals surface area contributed by atoms with E-state index in [-0.39, 0.29) is 5.91 Å². The highest BCUT2D eigenvalue weighted by molar-refractivity contribution is 5.92. The molecular formula is C16H18N2O. The van der Waals surface area contributed by atoms with Crippen molar-refractivity contribution in [3.05, 3.63) is 70.8 Å². The fourth-order valence-electron chi connectivity index (χ4n) is 1.89. The lowest BCUT2D eigenvalue weighted by molar-refractivity contribution is 0.1000. The molecule has 0 aromatic heterocycles. The van der Waals surface area contributed by atoms with Crippen LogP contribution in [0.5, 0.6) is 0 Å². The summed E-state index contributed by atoms with van der Waals surface area (Å²) in [6.07, 6.45) is 0. The van der Waals surface area contributed by atoms with Gasteiger partial charge in [-0.25, -0.2) is 0 Å². The predicted molar refractivity (Wildman–Crippen MR) is 76.7 cm³/mol. The lowest BCUT2D eigenvalue weighted by Gasteiger charge is -2.06. The van der Waals surface area contributed by atoms with Crippen molar-refractivity contribution in [2.75, 3.05) is 0 Å². The maximum Gasteiger partial charge on any atom is 0.248 e. The molecule has 98 valence electrons. The van der Waals surface area contributed by atoms with Crippen molar-refractivity contribution < 1.29 is 4.79 Å². The van der Waals surface area contributed by atoms with Gasteiger partial charge in [0.15, 0.2) is 0 Å². The molecule has 3 nitrogen and oxygen atoms in total. The van der Waals surface area contributed by atoms with Crippen LogP contribution in [0.3, 0.4) is 0 Å². The maximum atomic E-state index is 11.1. The standard InChI is InChI=1S/C16H18N2O/c1-12-5-7-13(8-6-12)10-18-11-14-3-2-4-15(9-14)16(17)19/h2-9,18H,10-11H2,1H3,(H2,17,19). The van der Waals surface area contributed by atoms with Gasteiger partial charge in [0.05, 0.1) is 0 Å². The summed E-state index contributed by atoms with van der Waals surface area (Å²) in [6, 6.07) is 15.8. The van der Waals surface area contributed by atoms with Crippen LogP contribution in [0.2, 0.25) is 0 Å². The molecule has 1 amide bonds. The van der Waals surface area contributed by atoms with Crippen LogP contribution in [0.25, 0.3) is 0 Å². The second-order valence-corrected chi connectivity index (χ2v) is 4.65. The number of amides is 1. The lowest BCUT2D eigenvalue weighted by atomic mass is 10.1. The highest BCUT2D eigenvalue weighted by Gasteiger charge is 2.01. The van der Waals surface area contributed by atoms with E-state index in [2.05, 4.69) is 36.5 Å². The first-order valence-corrected chi connectivity index (χ1v) is 6.30. The molecule has 0 spiro atoms. The van der Waals surface area contributed by atoms with Crippen molar-refractivity contribution in [1.29, 1.82) is 0 Å². The lowest BCUT2D eigenvalue weighted by Crippen LogP contribution is -2.14. The second-order valence-electron chi connectivity index (χ2n) is 4.65. The van der Waals surface area contributed by atoms with Crippen molar-refractivity contribution in [1.82, 2.24) is 5.32 Å². The average Bonchev–Trinajstić information content (AvgIpc) is 2.41. The number of carbonyl (C=O) groups excluding carboxylic acids is 1. The molecule has 0 saturated heterocycles. The number of nitrogens with two attached hydrogens (primary N) is 1. The molecule has 2 aromatic carbocycles. The average molecular weight is 254 g/mol. The van der Waals surface area contributed by atoms with Gasteiger partial charge in [0.1, 0.15) is 0 Å². The Morgan fingerprint density at radius 2 is 1.74 bits per heavy atom. The molecule has 0 aliphatic heterocycles. The molecule has 0 saturated carbocycles. The molecule has 0 fully saturated rings. The summed E-state index contributed by atoms with van der Waals surface area (Å²) in [6.45, 7) is 3.60. The van der Waals surface area contributed by atoms with Crippen LogP contribution in [0, 0.1) is 6.92 Å². The van der Waals surface area contributed by atoms with Crippen LogP contribution in [0.1, 0.15) is 27.0 Å². The topological polar surface area (TPSA) is 55.1 Å². The van der Waals surface area contributed by atoms with E-state index in [0.29, 0.717) is 5.56 Å².